The number of nitrogens with zero attached hydrogens (tertiary/aromatic N) is 3. The zero-order chi connectivity index (χ0) is 17.0. The standard InChI is InChI=1S/C14H20N4O5/c1-8-6-9(17-18-15)11(16-4-5-19)13(22-8)12(20)10-7-21-14(2,3)23-10/h4,6,9-13,16,20H,7H2,1-3H3/t9?,10?,11?,12?,13-/m1/s1. The van der Waals surface area contributed by atoms with Gasteiger partial charge in [0.25, 0.3) is 0 Å². The quantitative estimate of drug-likeness (QED) is 0.333. The summed E-state index contributed by atoms with van der Waals surface area (Å²) in [6.07, 6.45) is 0.238. The van der Waals surface area contributed by atoms with Crippen LogP contribution in [0.4, 0.5) is 0 Å². The van der Waals surface area contributed by atoms with E-state index < -0.39 is 36.2 Å². The highest BCUT2D eigenvalue weighted by Crippen LogP contribution is 2.30. The number of aliphatic hydroxyl groups is 1. The number of ether oxygens (including phenoxy) is 3. The topological polar surface area (TPSA) is 126 Å². The minimum atomic E-state index is -1.05. The Morgan fingerprint density at radius 3 is 2.96 bits per heavy atom. The molecule has 0 radical (unpaired) electrons. The van der Waals surface area contributed by atoms with Crippen LogP contribution in [0.3, 0.4) is 0 Å². The van der Waals surface area contributed by atoms with Crippen LogP contribution in [0, 0.1) is 0 Å². The molecule has 9 nitrogen and oxygen atoms in total. The van der Waals surface area contributed by atoms with Gasteiger partial charge in [0.2, 0.25) is 0 Å². The van der Waals surface area contributed by atoms with Crippen molar-refractivity contribution in [3.63, 3.8) is 0 Å². The minimum absolute atomic E-state index is 0.208. The molecule has 2 rings (SSSR count). The maximum absolute atomic E-state index is 10.6. The number of carbonyl (C=O) groups excluding carboxylic acids is 1. The summed E-state index contributed by atoms with van der Waals surface area (Å²) in [6, 6.07) is -1.27. The van der Waals surface area contributed by atoms with Crippen LogP contribution in [0.1, 0.15) is 20.8 Å². The van der Waals surface area contributed by atoms with Crippen LogP contribution in [0.5, 0.6) is 0 Å². The van der Waals surface area contributed by atoms with Gasteiger partial charge in [-0.2, -0.15) is 0 Å². The Bertz CT molecular complexity index is 566. The molecule has 0 aromatic heterocycles. The van der Waals surface area contributed by atoms with Gasteiger partial charge in [0, 0.05) is 4.91 Å². The normalized spacial score (nSPS) is 33.5. The second-order valence-electron chi connectivity index (χ2n) is 5.87. The summed E-state index contributed by atoms with van der Waals surface area (Å²) in [5.41, 5.74) is 8.72. The average molecular weight is 324 g/mol. The van der Waals surface area contributed by atoms with Gasteiger partial charge in [-0.1, -0.05) is 5.11 Å². The molecule has 2 aliphatic rings. The van der Waals surface area contributed by atoms with Gasteiger partial charge in [0.1, 0.15) is 24.3 Å². The highest BCUT2D eigenvalue weighted by Gasteiger charge is 2.45. The van der Waals surface area contributed by atoms with E-state index in [4.69, 9.17) is 19.7 Å². The van der Waals surface area contributed by atoms with E-state index in [0.717, 1.165) is 6.20 Å². The molecule has 0 bridgehead atoms. The van der Waals surface area contributed by atoms with E-state index in [1.807, 2.05) is 0 Å². The van der Waals surface area contributed by atoms with E-state index in [0.29, 0.717) is 5.76 Å². The molecule has 0 aromatic carbocycles. The lowest BCUT2D eigenvalue weighted by Gasteiger charge is -2.38. The van der Waals surface area contributed by atoms with Gasteiger partial charge >= 0.3 is 0 Å². The van der Waals surface area contributed by atoms with Crippen molar-refractivity contribution in [3.8, 4) is 0 Å². The highest BCUT2D eigenvalue weighted by atomic mass is 16.7. The number of aliphatic hydroxyl groups excluding tert-OH is 1. The summed E-state index contributed by atoms with van der Waals surface area (Å²) < 4.78 is 16.8. The van der Waals surface area contributed by atoms with E-state index in [-0.39, 0.29) is 6.61 Å². The molecule has 23 heavy (non-hydrogen) atoms. The second-order valence-corrected chi connectivity index (χ2v) is 5.87. The Morgan fingerprint density at radius 1 is 1.65 bits per heavy atom. The third kappa shape index (κ3) is 4.04. The third-order valence-electron chi connectivity index (χ3n) is 3.72. The first-order chi connectivity index (χ1) is 10.9. The average Bonchev–Trinajstić information content (AvgIpc) is 2.85. The summed E-state index contributed by atoms with van der Waals surface area (Å²) in [5.74, 6) is 1.32. The van der Waals surface area contributed by atoms with Crippen LogP contribution in [0.15, 0.2) is 23.1 Å². The van der Waals surface area contributed by atoms with Crippen LogP contribution in [0.2, 0.25) is 0 Å². The molecule has 1 fully saturated rings. The molecule has 126 valence electrons. The number of hydrogen-bond donors (Lipinski definition) is 2. The first-order valence-electron chi connectivity index (χ1n) is 7.22. The number of rotatable bonds is 5. The fourth-order valence-corrected chi connectivity index (χ4v) is 2.73. The predicted molar refractivity (Wildman–Crippen MR) is 79.7 cm³/mol. The predicted octanol–water partition coefficient (Wildman–Crippen LogP) is 0.784. The van der Waals surface area contributed by atoms with Crippen molar-refractivity contribution in [2.75, 3.05) is 6.61 Å². The van der Waals surface area contributed by atoms with Crippen molar-refractivity contribution in [2.24, 2.45) is 5.11 Å². The van der Waals surface area contributed by atoms with Gasteiger partial charge in [-0.15, -0.1) is 0 Å². The number of nitrogens with one attached hydrogen (secondary N) is 1. The van der Waals surface area contributed by atoms with Gasteiger partial charge < -0.3 is 24.6 Å². The number of allylic oxidation sites excluding steroid dienone is 1. The van der Waals surface area contributed by atoms with Gasteiger partial charge in [0.05, 0.1) is 30.6 Å². The molecular formula is C14H20N4O5. The number of azide groups is 1. The van der Waals surface area contributed by atoms with Gasteiger partial charge in [0.15, 0.2) is 5.79 Å². The smallest absolute Gasteiger partial charge is 0.163 e. The molecule has 0 amide bonds. The summed E-state index contributed by atoms with van der Waals surface area (Å²) in [7, 11) is 0. The van der Waals surface area contributed by atoms with Crippen LogP contribution >= 0.6 is 0 Å². The van der Waals surface area contributed by atoms with Crippen molar-refractivity contribution in [3.05, 3.63) is 28.5 Å². The SMILES string of the molecule is CC1=CC(N=[N+]=[N-])C(NC=C=O)[C@H](C(O)C2COC(C)(C)O2)O1. The summed E-state index contributed by atoms with van der Waals surface area (Å²) >= 11 is 0. The first-order valence-corrected chi connectivity index (χ1v) is 7.22. The fourth-order valence-electron chi connectivity index (χ4n) is 2.73. The van der Waals surface area contributed by atoms with Crippen molar-refractivity contribution in [1.29, 1.82) is 0 Å². The van der Waals surface area contributed by atoms with Crippen LogP contribution in [0.25, 0.3) is 10.4 Å². The zero-order valence-corrected chi connectivity index (χ0v) is 13.2. The Balaban J connectivity index is 2.24. The number of hydrogen-bond acceptors (Lipinski definition) is 7. The Hall–Kier alpha value is -2.02. The lowest BCUT2D eigenvalue weighted by atomic mass is 9.93. The lowest BCUT2D eigenvalue weighted by Crippen LogP contribution is -2.57. The van der Waals surface area contributed by atoms with Crippen molar-refractivity contribution in [2.45, 2.75) is 57.0 Å². The first kappa shape index (κ1) is 17.3. The second kappa shape index (κ2) is 7.04. The monoisotopic (exact) mass is 324 g/mol. The molecule has 4 unspecified atom stereocenters. The molecule has 0 spiro atoms. The highest BCUT2D eigenvalue weighted by molar-refractivity contribution is 5.44. The maximum atomic E-state index is 10.6. The Kier molecular flexibility index (Phi) is 5.30. The molecule has 9 heteroatoms. The zero-order valence-electron chi connectivity index (χ0n) is 13.2. The molecule has 2 aliphatic heterocycles. The van der Waals surface area contributed by atoms with Crippen molar-refractivity contribution < 1.29 is 24.1 Å². The van der Waals surface area contributed by atoms with Crippen LogP contribution < -0.4 is 5.32 Å². The molecule has 0 aliphatic carbocycles. The van der Waals surface area contributed by atoms with Crippen molar-refractivity contribution in [1.82, 2.24) is 5.32 Å². The van der Waals surface area contributed by atoms with E-state index in [2.05, 4.69) is 15.3 Å². The molecule has 0 aromatic rings. The van der Waals surface area contributed by atoms with E-state index in [9.17, 15) is 9.90 Å². The summed E-state index contributed by atoms with van der Waals surface area (Å²) in [5, 5.41) is 17.1. The minimum Gasteiger partial charge on any atom is -0.490 e. The van der Waals surface area contributed by atoms with Gasteiger partial charge in [-0.05, 0) is 32.4 Å². The lowest BCUT2D eigenvalue weighted by molar-refractivity contribution is -0.165. The Morgan fingerprint density at radius 2 is 2.39 bits per heavy atom. The summed E-state index contributed by atoms with van der Waals surface area (Å²) in [4.78, 5) is 13.3. The molecule has 0 saturated carbocycles. The van der Waals surface area contributed by atoms with Crippen molar-refractivity contribution >= 4 is 5.94 Å². The summed E-state index contributed by atoms with van der Waals surface area (Å²) in [6.45, 7) is 5.40. The molecule has 2 heterocycles. The Labute approximate surface area is 133 Å². The fraction of sp³-hybridized carbons (Fsp3) is 0.714. The largest absolute Gasteiger partial charge is 0.490 e. The molecule has 2 N–H and O–H groups in total. The maximum Gasteiger partial charge on any atom is 0.163 e. The van der Waals surface area contributed by atoms with E-state index in [1.54, 1.807) is 32.8 Å². The van der Waals surface area contributed by atoms with E-state index in [1.165, 1.54) is 0 Å². The van der Waals surface area contributed by atoms with Crippen LogP contribution in [-0.2, 0) is 19.0 Å². The van der Waals surface area contributed by atoms with E-state index >= 15 is 0 Å². The van der Waals surface area contributed by atoms with Gasteiger partial charge in [-0.25, -0.2) is 4.79 Å². The van der Waals surface area contributed by atoms with Gasteiger partial charge in [-0.3, -0.25) is 0 Å². The third-order valence-corrected chi connectivity index (χ3v) is 3.72. The molecular weight excluding hydrogens is 304 g/mol. The molecule has 1 saturated heterocycles. The molecule has 5 atom stereocenters. The van der Waals surface area contributed by atoms with Crippen LogP contribution in [-0.4, -0.2) is 53.8 Å².